The van der Waals surface area contributed by atoms with E-state index in [1.165, 1.54) is 6.33 Å². The summed E-state index contributed by atoms with van der Waals surface area (Å²) in [4.78, 5) is 18.6. The second kappa shape index (κ2) is 2.98. The van der Waals surface area contributed by atoms with Crippen LogP contribution in [0.15, 0.2) is 12.5 Å². The quantitative estimate of drug-likeness (QED) is 0.559. The Morgan fingerprint density at radius 1 is 1.69 bits per heavy atom. The predicted octanol–water partition coefficient (Wildman–Crippen LogP) is -0.677. The van der Waals surface area contributed by atoms with Gasteiger partial charge in [-0.1, -0.05) is 0 Å². The number of amides is 1. The summed E-state index contributed by atoms with van der Waals surface area (Å²) in [6, 6.07) is -0.143. The molecule has 0 fully saturated rings. The standard InChI is InChI=1S/C7H9N5O/c8-6(13)1-4-7-5(12-11-4)2-9-3-10-7/h2-4,11-12H,1H2,(H2,8,13). The molecule has 0 bridgehead atoms. The third-order valence-electron chi connectivity index (χ3n) is 1.86. The zero-order chi connectivity index (χ0) is 9.26. The Bertz CT molecular complexity index is 339. The molecule has 0 spiro atoms. The van der Waals surface area contributed by atoms with E-state index in [0.29, 0.717) is 0 Å². The molecule has 6 heteroatoms. The van der Waals surface area contributed by atoms with Gasteiger partial charge in [0.2, 0.25) is 5.91 Å². The molecule has 0 aromatic carbocycles. The monoisotopic (exact) mass is 179 g/mol. The van der Waals surface area contributed by atoms with Gasteiger partial charge in [0.1, 0.15) is 6.33 Å². The van der Waals surface area contributed by atoms with Gasteiger partial charge in [-0.15, -0.1) is 0 Å². The molecule has 0 aliphatic carbocycles. The van der Waals surface area contributed by atoms with Crippen LogP contribution in [-0.4, -0.2) is 15.9 Å². The van der Waals surface area contributed by atoms with Crippen LogP contribution in [0.5, 0.6) is 0 Å². The minimum Gasteiger partial charge on any atom is -0.370 e. The maximum absolute atomic E-state index is 10.7. The number of aromatic nitrogens is 2. The fourth-order valence-corrected chi connectivity index (χ4v) is 1.30. The molecule has 1 unspecified atom stereocenters. The molecule has 0 saturated heterocycles. The van der Waals surface area contributed by atoms with Crippen molar-refractivity contribution in [3.05, 3.63) is 18.2 Å². The molecule has 2 rings (SSSR count). The van der Waals surface area contributed by atoms with Crippen LogP contribution in [0.4, 0.5) is 5.69 Å². The number of nitrogens with one attached hydrogen (secondary N) is 2. The molecule has 13 heavy (non-hydrogen) atoms. The first-order chi connectivity index (χ1) is 6.27. The van der Waals surface area contributed by atoms with Crippen molar-refractivity contribution in [2.24, 2.45) is 5.73 Å². The normalized spacial score (nSPS) is 19.2. The van der Waals surface area contributed by atoms with E-state index in [-0.39, 0.29) is 18.4 Å². The minimum atomic E-state index is -0.356. The van der Waals surface area contributed by atoms with Gasteiger partial charge in [-0.3, -0.25) is 4.79 Å². The van der Waals surface area contributed by atoms with E-state index in [1.54, 1.807) is 6.20 Å². The first-order valence-electron chi connectivity index (χ1n) is 3.87. The number of carbonyl (C=O) groups is 1. The van der Waals surface area contributed by atoms with Crippen LogP contribution in [0.25, 0.3) is 0 Å². The molecule has 2 heterocycles. The molecular weight excluding hydrogens is 170 g/mol. The van der Waals surface area contributed by atoms with Crippen LogP contribution in [0, 0.1) is 0 Å². The third kappa shape index (κ3) is 1.43. The maximum atomic E-state index is 10.7. The minimum absolute atomic E-state index is 0.143. The lowest BCUT2D eigenvalue weighted by molar-refractivity contribution is -0.118. The molecule has 1 aromatic rings. The first-order valence-corrected chi connectivity index (χ1v) is 3.87. The average molecular weight is 179 g/mol. The van der Waals surface area contributed by atoms with Crippen molar-refractivity contribution >= 4 is 11.6 Å². The highest BCUT2D eigenvalue weighted by Gasteiger charge is 2.24. The summed E-state index contributed by atoms with van der Waals surface area (Å²) < 4.78 is 0. The lowest BCUT2D eigenvalue weighted by Crippen LogP contribution is -2.24. The van der Waals surface area contributed by atoms with Crippen molar-refractivity contribution in [2.45, 2.75) is 12.5 Å². The van der Waals surface area contributed by atoms with Crippen molar-refractivity contribution in [3.63, 3.8) is 0 Å². The van der Waals surface area contributed by atoms with Gasteiger partial charge < -0.3 is 11.2 Å². The SMILES string of the molecule is NC(=O)CC1NNc2cncnc21. The van der Waals surface area contributed by atoms with E-state index in [9.17, 15) is 4.79 Å². The Labute approximate surface area is 74.5 Å². The van der Waals surface area contributed by atoms with Crippen LogP contribution in [-0.2, 0) is 4.79 Å². The van der Waals surface area contributed by atoms with Crippen LogP contribution in [0.1, 0.15) is 18.2 Å². The summed E-state index contributed by atoms with van der Waals surface area (Å²) in [6.45, 7) is 0. The smallest absolute Gasteiger partial charge is 0.219 e. The van der Waals surface area contributed by atoms with Gasteiger partial charge in [-0.25, -0.2) is 15.4 Å². The summed E-state index contributed by atoms with van der Waals surface area (Å²) in [6.07, 6.45) is 3.33. The number of nitrogens with two attached hydrogens (primary N) is 1. The molecular formula is C7H9N5O. The Morgan fingerprint density at radius 2 is 2.54 bits per heavy atom. The molecule has 1 aliphatic rings. The van der Waals surface area contributed by atoms with E-state index < -0.39 is 0 Å². The highest BCUT2D eigenvalue weighted by atomic mass is 16.1. The van der Waals surface area contributed by atoms with E-state index in [0.717, 1.165) is 11.4 Å². The predicted molar refractivity (Wildman–Crippen MR) is 45.3 cm³/mol. The topological polar surface area (TPSA) is 92.9 Å². The molecule has 1 atom stereocenters. The molecule has 0 radical (unpaired) electrons. The Kier molecular flexibility index (Phi) is 1.82. The molecule has 1 aliphatic heterocycles. The zero-order valence-corrected chi connectivity index (χ0v) is 6.82. The number of carbonyl (C=O) groups excluding carboxylic acids is 1. The van der Waals surface area contributed by atoms with Gasteiger partial charge in [0, 0.05) is 6.42 Å². The summed E-state index contributed by atoms with van der Waals surface area (Å²) in [5, 5.41) is 0. The highest BCUT2D eigenvalue weighted by molar-refractivity contribution is 5.75. The fourth-order valence-electron chi connectivity index (χ4n) is 1.30. The van der Waals surface area contributed by atoms with Crippen LogP contribution < -0.4 is 16.6 Å². The molecule has 68 valence electrons. The lowest BCUT2D eigenvalue weighted by Gasteiger charge is -2.05. The second-order valence-corrected chi connectivity index (χ2v) is 2.81. The van der Waals surface area contributed by atoms with Crippen molar-refractivity contribution < 1.29 is 4.79 Å². The number of primary amides is 1. The summed E-state index contributed by atoms with van der Waals surface area (Å²) >= 11 is 0. The molecule has 1 amide bonds. The molecule has 4 N–H and O–H groups in total. The van der Waals surface area contributed by atoms with E-state index in [2.05, 4.69) is 20.8 Å². The van der Waals surface area contributed by atoms with Gasteiger partial charge in [0.25, 0.3) is 0 Å². The number of fused-ring (bicyclic) bond motifs is 1. The molecule has 6 nitrogen and oxygen atoms in total. The van der Waals surface area contributed by atoms with E-state index >= 15 is 0 Å². The number of hydrogen-bond acceptors (Lipinski definition) is 5. The van der Waals surface area contributed by atoms with E-state index in [4.69, 9.17) is 5.73 Å². The van der Waals surface area contributed by atoms with Crippen LogP contribution in [0.2, 0.25) is 0 Å². The second-order valence-electron chi connectivity index (χ2n) is 2.81. The van der Waals surface area contributed by atoms with Crippen molar-refractivity contribution in [1.82, 2.24) is 15.4 Å². The molecule has 1 aromatic heterocycles. The maximum Gasteiger partial charge on any atom is 0.219 e. The van der Waals surface area contributed by atoms with Crippen molar-refractivity contribution in [3.8, 4) is 0 Å². The average Bonchev–Trinajstić information content (AvgIpc) is 2.48. The van der Waals surface area contributed by atoms with Gasteiger partial charge >= 0.3 is 0 Å². The fraction of sp³-hybridized carbons (Fsp3) is 0.286. The summed E-state index contributed by atoms with van der Waals surface area (Å²) in [5.41, 5.74) is 12.4. The third-order valence-corrected chi connectivity index (χ3v) is 1.86. The van der Waals surface area contributed by atoms with Crippen molar-refractivity contribution in [1.29, 1.82) is 0 Å². The number of nitrogens with zero attached hydrogens (tertiary/aromatic N) is 2. The summed E-state index contributed by atoms with van der Waals surface area (Å²) in [7, 11) is 0. The van der Waals surface area contributed by atoms with Crippen LogP contribution >= 0.6 is 0 Å². The number of rotatable bonds is 2. The Balaban J connectivity index is 2.23. The number of hydrogen-bond donors (Lipinski definition) is 3. The largest absolute Gasteiger partial charge is 0.370 e. The number of anilines is 1. The highest BCUT2D eigenvalue weighted by Crippen LogP contribution is 2.26. The number of hydrazine groups is 1. The van der Waals surface area contributed by atoms with Gasteiger partial charge in [-0.05, 0) is 0 Å². The summed E-state index contributed by atoms with van der Waals surface area (Å²) in [5.74, 6) is -0.356. The van der Waals surface area contributed by atoms with Crippen LogP contribution in [0.3, 0.4) is 0 Å². The first kappa shape index (κ1) is 7.93. The lowest BCUT2D eigenvalue weighted by atomic mass is 10.1. The zero-order valence-electron chi connectivity index (χ0n) is 6.82. The molecule has 0 saturated carbocycles. The van der Waals surface area contributed by atoms with Crippen molar-refractivity contribution in [2.75, 3.05) is 5.43 Å². The Morgan fingerprint density at radius 3 is 3.31 bits per heavy atom. The Hall–Kier alpha value is -1.69. The van der Waals surface area contributed by atoms with Gasteiger partial charge in [0.15, 0.2) is 0 Å². The van der Waals surface area contributed by atoms with Gasteiger partial charge in [0.05, 0.1) is 23.6 Å². The van der Waals surface area contributed by atoms with E-state index in [1.807, 2.05) is 0 Å². The van der Waals surface area contributed by atoms with Gasteiger partial charge in [-0.2, -0.15) is 0 Å².